The molecule has 3 rings (SSSR count). The summed E-state index contributed by atoms with van der Waals surface area (Å²) in [7, 11) is 1.35. The van der Waals surface area contributed by atoms with Crippen molar-refractivity contribution in [2.45, 2.75) is 10.9 Å². The molecular weight excluding hydrogens is 372 g/mol. The van der Waals surface area contributed by atoms with Crippen LogP contribution < -0.4 is 5.32 Å². The Bertz CT molecular complexity index is 952. The molecule has 0 spiro atoms. The Kier molecular flexibility index (Phi) is 5.35. The molecule has 1 aromatic heterocycles. The molecular formula is C19H15ClN2O3S. The second-order valence-corrected chi connectivity index (χ2v) is 8.08. The lowest BCUT2D eigenvalue weighted by Gasteiger charge is -2.18. The minimum atomic E-state index is -3.90. The molecule has 0 aliphatic carbocycles. The zero-order valence-electron chi connectivity index (χ0n) is 13.5. The van der Waals surface area contributed by atoms with E-state index >= 15 is 0 Å². The topological polar surface area (TPSA) is 76.1 Å². The summed E-state index contributed by atoms with van der Waals surface area (Å²) < 4.78 is 22.5. The average molecular weight is 387 g/mol. The van der Waals surface area contributed by atoms with E-state index in [9.17, 15) is 13.2 Å². The van der Waals surface area contributed by atoms with E-state index in [-0.39, 0.29) is 10.9 Å². The van der Waals surface area contributed by atoms with E-state index in [0.29, 0.717) is 5.69 Å². The molecule has 0 saturated carbocycles. The third-order valence-electron chi connectivity index (χ3n) is 3.78. The number of hydrogen-bond acceptors (Lipinski definition) is 4. The molecule has 0 aliphatic heterocycles. The standard InChI is InChI=1S/C19H15ClN2O3S/c20-26(24,25)17-12-11-16(13-21-17)22-19(23)18(14-7-3-1-4-8-14)15-9-5-2-6-10-15/h1-13,18H,(H,22,23). The molecule has 1 heterocycles. The maximum absolute atomic E-state index is 12.9. The van der Waals surface area contributed by atoms with Crippen molar-refractivity contribution in [3.05, 3.63) is 90.1 Å². The first-order chi connectivity index (χ1) is 12.4. The number of halogens is 1. The van der Waals surface area contributed by atoms with Crippen molar-refractivity contribution in [2.75, 3.05) is 5.32 Å². The maximum Gasteiger partial charge on any atom is 0.278 e. The molecule has 0 radical (unpaired) electrons. The van der Waals surface area contributed by atoms with Crippen LogP contribution in [-0.2, 0) is 13.8 Å². The summed E-state index contributed by atoms with van der Waals surface area (Å²) in [5, 5.41) is 2.51. The van der Waals surface area contributed by atoms with Crippen molar-refractivity contribution in [1.82, 2.24) is 4.98 Å². The molecule has 1 amide bonds. The van der Waals surface area contributed by atoms with Crippen LogP contribution in [0.5, 0.6) is 0 Å². The monoisotopic (exact) mass is 386 g/mol. The van der Waals surface area contributed by atoms with Crippen molar-refractivity contribution in [3.63, 3.8) is 0 Å². The fraction of sp³-hybridized carbons (Fsp3) is 0.0526. The van der Waals surface area contributed by atoms with Gasteiger partial charge in [0.25, 0.3) is 9.05 Å². The summed E-state index contributed by atoms with van der Waals surface area (Å²) in [6.45, 7) is 0. The molecule has 0 aliphatic rings. The summed E-state index contributed by atoms with van der Waals surface area (Å²) in [5.74, 6) is -0.750. The number of benzene rings is 2. The first-order valence-corrected chi connectivity index (χ1v) is 10.1. The van der Waals surface area contributed by atoms with Gasteiger partial charge in [-0.25, -0.2) is 13.4 Å². The number of amides is 1. The highest BCUT2D eigenvalue weighted by atomic mass is 35.7. The Morgan fingerprint density at radius 1 is 0.885 bits per heavy atom. The Morgan fingerprint density at radius 3 is 1.85 bits per heavy atom. The van der Waals surface area contributed by atoms with Gasteiger partial charge < -0.3 is 5.32 Å². The Balaban J connectivity index is 1.89. The second kappa shape index (κ2) is 7.68. The van der Waals surface area contributed by atoms with Crippen LogP contribution in [0.2, 0.25) is 0 Å². The Hall–Kier alpha value is -2.70. The van der Waals surface area contributed by atoms with Gasteiger partial charge >= 0.3 is 0 Å². The Labute approximate surface area is 156 Å². The van der Waals surface area contributed by atoms with Crippen molar-refractivity contribution >= 4 is 31.3 Å². The van der Waals surface area contributed by atoms with Gasteiger partial charge in [-0.3, -0.25) is 4.79 Å². The predicted molar refractivity (Wildman–Crippen MR) is 101 cm³/mol. The third kappa shape index (κ3) is 4.28. The van der Waals surface area contributed by atoms with E-state index in [0.717, 1.165) is 11.1 Å². The number of hydrogen-bond donors (Lipinski definition) is 1. The number of aromatic nitrogens is 1. The highest BCUT2D eigenvalue weighted by molar-refractivity contribution is 8.13. The first kappa shape index (κ1) is 18.1. The number of carbonyl (C=O) groups excluding carboxylic acids is 1. The summed E-state index contributed by atoms with van der Waals surface area (Å²) in [6.07, 6.45) is 1.26. The van der Waals surface area contributed by atoms with Crippen LogP contribution in [0.25, 0.3) is 0 Å². The van der Waals surface area contributed by atoms with E-state index in [1.165, 1.54) is 18.3 Å². The van der Waals surface area contributed by atoms with Gasteiger partial charge in [-0.2, -0.15) is 0 Å². The molecule has 0 fully saturated rings. The van der Waals surface area contributed by atoms with Crippen molar-refractivity contribution < 1.29 is 13.2 Å². The summed E-state index contributed by atoms with van der Waals surface area (Å²) >= 11 is 0. The first-order valence-electron chi connectivity index (χ1n) is 7.76. The van der Waals surface area contributed by atoms with Gasteiger partial charge in [-0.15, -0.1) is 0 Å². The summed E-state index contributed by atoms with van der Waals surface area (Å²) in [6, 6.07) is 21.5. The van der Waals surface area contributed by atoms with E-state index in [2.05, 4.69) is 10.3 Å². The fourth-order valence-electron chi connectivity index (χ4n) is 2.60. The van der Waals surface area contributed by atoms with E-state index < -0.39 is 15.0 Å². The molecule has 0 bridgehead atoms. The minimum absolute atomic E-state index is 0.245. The second-order valence-electron chi connectivity index (χ2n) is 5.57. The maximum atomic E-state index is 12.9. The molecule has 2 aromatic carbocycles. The average Bonchev–Trinajstić information content (AvgIpc) is 2.63. The highest BCUT2D eigenvalue weighted by Gasteiger charge is 2.23. The molecule has 0 saturated heterocycles. The normalized spacial score (nSPS) is 11.3. The van der Waals surface area contributed by atoms with Crippen LogP contribution in [0.3, 0.4) is 0 Å². The Morgan fingerprint density at radius 2 is 1.42 bits per heavy atom. The SMILES string of the molecule is O=C(Nc1ccc(S(=O)(=O)Cl)nc1)C(c1ccccc1)c1ccccc1. The number of carbonyl (C=O) groups is 1. The van der Waals surface area contributed by atoms with Crippen LogP contribution in [0.4, 0.5) is 5.69 Å². The van der Waals surface area contributed by atoms with Gasteiger partial charge in [0, 0.05) is 10.7 Å². The lowest BCUT2D eigenvalue weighted by Crippen LogP contribution is -2.22. The molecule has 1 N–H and O–H groups in total. The quantitative estimate of drug-likeness (QED) is 0.677. The summed E-state index contributed by atoms with van der Waals surface area (Å²) in [5.41, 5.74) is 2.09. The van der Waals surface area contributed by atoms with Gasteiger partial charge in [-0.05, 0) is 23.3 Å². The van der Waals surface area contributed by atoms with Crippen molar-refractivity contribution in [2.24, 2.45) is 0 Å². The van der Waals surface area contributed by atoms with Crippen LogP contribution >= 0.6 is 10.7 Å². The molecule has 7 heteroatoms. The van der Waals surface area contributed by atoms with Gasteiger partial charge in [0.05, 0.1) is 17.8 Å². The van der Waals surface area contributed by atoms with Crippen LogP contribution in [0.15, 0.2) is 84.0 Å². The van der Waals surface area contributed by atoms with E-state index in [4.69, 9.17) is 10.7 Å². The van der Waals surface area contributed by atoms with Gasteiger partial charge in [0.15, 0.2) is 5.03 Å². The number of nitrogens with one attached hydrogen (secondary N) is 1. The molecule has 0 unspecified atom stereocenters. The minimum Gasteiger partial charge on any atom is -0.324 e. The molecule has 3 aromatic rings. The zero-order valence-corrected chi connectivity index (χ0v) is 15.1. The highest BCUT2D eigenvalue weighted by Crippen LogP contribution is 2.26. The molecule has 0 atom stereocenters. The smallest absolute Gasteiger partial charge is 0.278 e. The van der Waals surface area contributed by atoms with Gasteiger partial charge in [0.2, 0.25) is 5.91 Å². The molecule has 26 heavy (non-hydrogen) atoms. The lowest BCUT2D eigenvalue weighted by atomic mass is 9.90. The summed E-state index contributed by atoms with van der Waals surface area (Å²) in [4.78, 5) is 16.7. The number of rotatable bonds is 5. The lowest BCUT2D eigenvalue weighted by molar-refractivity contribution is -0.116. The van der Waals surface area contributed by atoms with Crippen LogP contribution in [-0.4, -0.2) is 19.3 Å². The third-order valence-corrected chi connectivity index (χ3v) is 5.00. The molecule has 5 nitrogen and oxygen atoms in total. The van der Waals surface area contributed by atoms with Crippen LogP contribution in [0, 0.1) is 0 Å². The zero-order chi connectivity index (χ0) is 18.6. The van der Waals surface area contributed by atoms with Crippen molar-refractivity contribution in [3.8, 4) is 0 Å². The van der Waals surface area contributed by atoms with E-state index in [1.807, 2.05) is 60.7 Å². The largest absolute Gasteiger partial charge is 0.324 e. The fourth-order valence-corrected chi connectivity index (χ4v) is 3.28. The number of nitrogens with zero attached hydrogens (tertiary/aromatic N) is 1. The van der Waals surface area contributed by atoms with Gasteiger partial charge in [0.1, 0.15) is 0 Å². The number of pyridine rings is 1. The van der Waals surface area contributed by atoms with Crippen LogP contribution in [0.1, 0.15) is 17.0 Å². The van der Waals surface area contributed by atoms with Gasteiger partial charge in [-0.1, -0.05) is 60.7 Å². The predicted octanol–water partition coefficient (Wildman–Crippen LogP) is 3.78. The molecule has 132 valence electrons. The van der Waals surface area contributed by atoms with Crippen molar-refractivity contribution in [1.29, 1.82) is 0 Å². The number of anilines is 1. The van der Waals surface area contributed by atoms with E-state index in [1.54, 1.807) is 0 Å².